The van der Waals surface area contributed by atoms with Gasteiger partial charge in [-0.3, -0.25) is 4.79 Å². The first kappa shape index (κ1) is 13.4. The molecular weight excluding hydrogens is 250 g/mol. The lowest BCUT2D eigenvalue weighted by Crippen LogP contribution is -2.35. The number of hydrogen-bond donors (Lipinski definition) is 0. The number of carbonyl (C=O) groups is 2. The fourth-order valence-corrected chi connectivity index (χ4v) is 2.09. The molecule has 104 valence electrons. The summed E-state index contributed by atoms with van der Waals surface area (Å²) in [5, 5.41) is 10.8. The lowest BCUT2D eigenvalue weighted by Gasteiger charge is -2.20. The molecule has 0 aromatic carbocycles. The molecule has 0 radical (unpaired) electrons. The highest BCUT2D eigenvalue weighted by Crippen LogP contribution is 2.15. The van der Waals surface area contributed by atoms with Crippen molar-refractivity contribution in [3.8, 4) is 0 Å². The number of likely N-dealkylation sites (tertiary alicyclic amines) is 1. The van der Waals surface area contributed by atoms with Gasteiger partial charge in [-0.2, -0.15) is 0 Å². The van der Waals surface area contributed by atoms with Gasteiger partial charge in [-0.15, -0.1) is 5.10 Å². The molecule has 1 aromatic rings. The van der Waals surface area contributed by atoms with E-state index in [-0.39, 0.29) is 18.3 Å². The van der Waals surface area contributed by atoms with Crippen molar-refractivity contribution in [1.29, 1.82) is 0 Å². The minimum atomic E-state index is -0.617. The normalized spacial score (nSPS) is 16.4. The Morgan fingerprint density at radius 2 is 2.05 bits per heavy atom. The van der Waals surface area contributed by atoms with Gasteiger partial charge in [0.2, 0.25) is 5.91 Å². The zero-order chi connectivity index (χ0) is 13.8. The van der Waals surface area contributed by atoms with Crippen molar-refractivity contribution >= 4 is 11.9 Å². The van der Waals surface area contributed by atoms with E-state index in [1.807, 2.05) is 0 Å². The van der Waals surface area contributed by atoms with E-state index in [2.05, 4.69) is 15.5 Å². The first-order chi connectivity index (χ1) is 9.15. The quantitative estimate of drug-likeness (QED) is 0.715. The average Bonchev–Trinajstić information content (AvgIpc) is 3.08. The molecule has 0 N–H and O–H groups in total. The number of rotatable bonds is 4. The molecule has 8 heteroatoms. The van der Waals surface area contributed by atoms with Gasteiger partial charge >= 0.3 is 5.97 Å². The number of ether oxygens (including phenoxy) is 1. The van der Waals surface area contributed by atoms with Gasteiger partial charge in [0.1, 0.15) is 6.04 Å². The summed E-state index contributed by atoms with van der Waals surface area (Å²) < 4.78 is 6.08. The second-order valence-corrected chi connectivity index (χ2v) is 4.38. The zero-order valence-electron chi connectivity index (χ0n) is 11.1. The lowest BCUT2D eigenvalue weighted by molar-refractivity contribution is -0.133. The zero-order valence-corrected chi connectivity index (χ0v) is 11.1. The molecular formula is C11H17N5O3. The van der Waals surface area contributed by atoms with Gasteiger partial charge in [-0.1, -0.05) is 0 Å². The molecule has 0 saturated carbocycles. The van der Waals surface area contributed by atoms with Crippen LogP contribution in [0.25, 0.3) is 0 Å². The highest BCUT2D eigenvalue weighted by molar-refractivity contribution is 5.87. The maximum Gasteiger partial charge on any atom is 0.378 e. The van der Waals surface area contributed by atoms with Gasteiger partial charge in [0, 0.05) is 13.1 Å². The van der Waals surface area contributed by atoms with Crippen molar-refractivity contribution < 1.29 is 14.3 Å². The molecule has 0 bridgehead atoms. The Kier molecular flexibility index (Phi) is 4.08. The van der Waals surface area contributed by atoms with Crippen LogP contribution in [0.3, 0.4) is 0 Å². The monoisotopic (exact) mass is 267 g/mol. The fourth-order valence-electron chi connectivity index (χ4n) is 2.09. The SMILES string of the molecule is CCOC(=O)c1nnnn1C(C)C(=O)N1CCCC1. The van der Waals surface area contributed by atoms with Gasteiger partial charge in [0.05, 0.1) is 6.61 Å². The number of carbonyl (C=O) groups excluding carboxylic acids is 2. The molecule has 1 saturated heterocycles. The highest BCUT2D eigenvalue weighted by atomic mass is 16.5. The summed E-state index contributed by atoms with van der Waals surface area (Å²) in [6.45, 7) is 5.12. The van der Waals surface area contributed by atoms with E-state index in [1.54, 1.807) is 18.7 Å². The lowest BCUT2D eigenvalue weighted by atomic mass is 10.3. The third-order valence-electron chi connectivity index (χ3n) is 3.09. The van der Waals surface area contributed by atoms with Crippen molar-refractivity contribution in [2.75, 3.05) is 19.7 Å². The van der Waals surface area contributed by atoms with Crippen LogP contribution in [0.4, 0.5) is 0 Å². The van der Waals surface area contributed by atoms with E-state index in [0.29, 0.717) is 0 Å². The molecule has 1 aromatic heterocycles. The van der Waals surface area contributed by atoms with Gasteiger partial charge in [-0.05, 0) is 37.1 Å². The number of tetrazole rings is 1. The second-order valence-electron chi connectivity index (χ2n) is 4.38. The smallest absolute Gasteiger partial charge is 0.378 e. The first-order valence-electron chi connectivity index (χ1n) is 6.39. The molecule has 8 nitrogen and oxygen atoms in total. The predicted molar refractivity (Wildman–Crippen MR) is 64.3 cm³/mol. The van der Waals surface area contributed by atoms with Gasteiger partial charge < -0.3 is 9.64 Å². The maximum atomic E-state index is 12.2. The van der Waals surface area contributed by atoms with Crippen molar-refractivity contribution in [3.63, 3.8) is 0 Å². The van der Waals surface area contributed by atoms with Gasteiger partial charge in [0.15, 0.2) is 0 Å². The molecule has 19 heavy (non-hydrogen) atoms. The second kappa shape index (κ2) is 5.77. The highest BCUT2D eigenvalue weighted by Gasteiger charge is 2.29. The molecule has 0 spiro atoms. The van der Waals surface area contributed by atoms with Gasteiger partial charge in [0.25, 0.3) is 5.82 Å². The Labute approximate surface area is 110 Å². The summed E-state index contributed by atoms with van der Waals surface area (Å²) in [6.07, 6.45) is 2.03. The molecule has 1 unspecified atom stereocenters. The minimum absolute atomic E-state index is 0.0399. The molecule has 1 aliphatic heterocycles. The van der Waals surface area contributed by atoms with E-state index in [0.717, 1.165) is 25.9 Å². The Balaban J connectivity index is 2.14. The fraction of sp³-hybridized carbons (Fsp3) is 0.727. The minimum Gasteiger partial charge on any atom is -0.460 e. The van der Waals surface area contributed by atoms with Crippen LogP contribution in [-0.2, 0) is 9.53 Å². The largest absolute Gasteiger partial charge is 0.460 e. The van der Waals surface area contributed by atoms with Crippen LogP contribution in [0.2, 0.25) is 0 Å². The number of aromatic nitrogens is 4. The van der Waals surface area contributed by atoms with Crippen LogP contribution in [0, 0.1) is 0 Å². The number of hydrogen-bond acceptors (Lipinski definition) is 6. The topological polar surface area (TPSA) is 90.2 Å². The van der Waals surface area contributed by atoms with Crippen molar-refractivity contribution in [2.24, 2.45) is 0 Å². The molecule has 1 fully saturated rings. The Bertz CT molecular complexity index is 467. The molecule has 1 amide bonds. The number of esters is 1. The van der Waals surface area contributed by atoms with Crippen molar-refractivity contribution in [2.45, 2.75) is 32.7 Å². The Morgan fingerprint density at radius 1 is 1.37 bits per heavy atom. The van der Waals surface area contributed by atoms with Crippen LogP contribution in [-0.4, -0.2) is 56.7 Å². The summed E-state index contributed by atoms with van der Waals surface area (Å²) in [5.74, 6) is -0.731. The van der Waals surface area contributed by atoms with Crippen LogP contribution < -0.4 is 0 Å². The summed E-state index contributed by atoms with van der Waals surface area (Å²) in [7, 11) is 0. The van der Waals surface area contributed by atoms with E-state index >= 15 is 0 Å². The molecule has 0 aliphatic carbocycles. The van der Waals surface area contributed by atoms with Crippen LogP contribution in [0.5, 0.6) is 0 Å². The van der Waals surface area contributed by atoms with Crippen LogP contribution in [0.1, 0.15) is 43.3 Å². The Hall–Kier alpha value is -1.99. The van der Waals surface area contributed by atoms with E-state index in [9.17, 15) is 9.59 Å². The maximum absolute atomic E-state index is 12.2. The summed E-state index contributed by atoms with van der Waals surface area (Å²) in [5.41, 5.74) is 0. The average molecular weight is 267 g/mol. The first-order valence-corrected chi connectivity index (χ1v) is 6.39. The third-order valence-corrected chi connectivity index (χ3v) is 3.09. The standard InChI is InChI=1S/C11H17N5O3/c1-3-19-11(18)9-12-13-14-16(9)8(2)10(17)15-6-4-5-7-15/h8H,3-7H2,1-2H3. The van der Waals surface area contributed by atoms with Crippen LogP contribution >= 0.6 is 0 Å². The number of nitrogens with zero attached hydrogens (tertiary/aromatic N) is 5. The Morgan fingerprint density at radius 3 is 2.68 bits per heavy atom. The van der Waals surface area contributed by atoms with Gasteiger partial charge in [-0.25, -0.2) is 9.48 Å². The third kappa shape index (κ3) is 2.72. The summed E-state index contributed by atoms with van der Waals surface area (Å²) in [4.78, 5) is 25.7. The van der Waals surface area contributed by atoms with Crippen LogP contribution in [0.15, 0.2) is 0 Å². The predicted octanol–water partition coefficient (Wildman–Crippen LogP) is 0.0332. The van der Waals surface area contributed by atoms with E-state index in [1.165, 1.54) is 4.68 Å². The molecule has 1 aliphatic rings. The molecule has 2 heterocycles. The molecule has 2 rings (SSSR count). The van der Waals surface area contributed by atoms with E-state index < -0.39 is 12.0 Å². The van der Waals surface area contributed by atoms with Crippen molar-refractivity contribution in [3.05, 3.63) is 5.82 Å². The van der Waals surface area contributed by atoms with Crippen molar-refractivity contribution in [1.82, 2.24) is 25.1 Å². The summed E-state index contributed by atoms with van der Waals surface area (Å²) >= 11 is 0. The number of amides is 1. The molecule has 1 atom stereocenters. The van der Waals surface area contributed by atoms with E-state index in [4.69, 9.17) is 4.74 Å². The summed E-state index contributed by atoms with van der Waals surface area (Å²) in [6, 6.07) is -0.604.